The summed E-state index contributed by atoms with van der Waals surface area (Å²) < 4.78 is 27.8. The Labute approximate surface area is 151 Å². The van der Waals surface area contributed by atoms with Crippen LogP contribution in [0.3, 0.4) is 0 Å². The van der Waals surface area contributed by atoms with E-state index in [0.717, 1.165) is 5.56 Å². The molecule has 0 fully saturated rings. The molecule has 7 nitrogen and oxygen atoms in total. The van der Waals surface area contributed by atoms with Crippen molar-refractivity contribution in [2.45, 2.75) is 24.8 Å². The van der Waals surface area contributed by atoms with Crippen LogP contribution in [0, 0.1) is 17.0 Å². The van der Waals surface area contributed by atoms with Crippen LogP contribution in [0.2, 0.25) is 0 Å². The largest absolute Gasteiger partial charge is 0.295 e. The van der Waals surface area contributed by atoms with Crippen LogP contribution in [0.25, 0.3) is 0 Å². The minimum atomic E-state index is -3.97. The number of hydrogen-bond donors (Lipinski definition) is 1. The quantitative estimate of drug-likeness (QED) is 0.455. The number of rotatable bonds is 7. The molecule has 0 heterocycles. The Morgan fingerprint density at radius 2 is 1.81 bits per heavy atom. The van der Waals surface area contributed by atoms with E-state index in [-0.39, 0.29) is 21.7 Å². The Hall–Kier alpha value is -2.84. The average molecular weight is 374 g/mol. The third-order valence-electron chi connectivity index (χ3n) is 3.82. The lowest BCUT2D eigenvalue weighted by Gasteiger charge is -2.20. The zero-order chi connectivity index (χ0) is 19.5. The molecule has 0 bridgehead atoms. The summed E-state index contributed by atoms with van der Waals surface area (Å²) in [7, 11) is -3.97. The van der Waals surface area contributed by atoms with Crippen LogP contribution in [0.4, 0.5) is 5.69 Å². The highest BCUT2D eigenvalue weighted by molar-refractivity contribution is 7.89. The van der Waals surface area contributed by atoms with E-state index in [9.17, 15) is 23.3 Å². The van der Waals surface area contributed by atoms with Crippen molar-refractivity contribution in [3.05, 3.63) is 81.9 Å². The minimum Gasteiger partial charge on any atom is -0.295 e. The molecular weight excluding hydrogens is 356 g/mol. The number of nitro benzene ring substituents is 1. The Morgan fingerprint density at radius 1 is 1.19 bits per heavy atom. The number of hydrogen-bond acceptors (Lipinski definition) is 5. The maximum atomic E-state index is 12.7. The molecule has 2 aromatic carbocycles. The monoisotopic (exact) mass is 374 g/mol. The highest BCUT2D eigenvalue weighted by atomic mass is 32.2. The van der Waals surface area contributed by atoms with Gasteiger partial charge in [-0.25, -0.2) is 8.42 Å². The molecule has 0 spiro atoms. The summed E-state index contributed by atoms with van der Waals surface area (Å²) >= 11 is 0. The highest BCUT2D eigenvalue weighted by Gasteiger charge is 2.26. The van der Waals surface area contributed by atoms with Crippen molar-refractivity contribution < 1.29 is 18.1 Å². The predicted molar refractivity (Wildman–Crippen MR) is 97.2 cm³/mol. The Morgan fingerprint density at radius 3 is 2.35 bits per heavy atom. The summed E-state index contributed by atoms with van der Waals surface area (Å²) in [6.45, 7) is 6.73. The fourth-order valence-corrected chi connectivity index (χ4v) is 3.52. The van der Waals surface area contributed by atoms with E-state index in [1.165, 1.54) is 43.3 Å². The number of nitrogens with zero attached hydrogens (tertiary/aromatic N) is 1. The van der Waals surface area contributed by atoms with E-state index >= 15 is 0 Å². The predicted octanol–water partition coefficient (Wildman–Crippen LogP) is 3.07. The zero-order valence-corrected chi connectivity index (χ0v) is 15.1. The number of non-ortho nitro benzene ring substituents is 1. The molecule has 0 aromatic heterocycles. The number of nitrogens with one attached hydrogen (secondary N) is 1. The molecule has 0 saturated carbocycles. The molecule has 0 unspecified atom stereocenters. The van der Waals surface area contributed by atoms with Crippen LogP contribution in [0.5, 0.6) is 0 Å². The van der Waals surface area contributed by atoms with E-state index in [1.807, 2.05) is 6.92 Å². The van der Waals surface area contributed by atoms with Gasteiger partial charge in [-0.05, 0) is 31.5 Å². The molecule has 0 radical (unpaired) electrons. The lowest BCUT2D eigenvalue weighted by Crippen LogP contribution is -2.31. The van der Waals surface area contributed by atoms with E-state index in [4.69, 9.17) is 0 Å². The third-order valence-corrected chi connectivity index (χ3v) is 5.26. The van der Waals surface area contributed by atoms with Crippen molar-refractivity contribution in [1.82, 2.24) is 4.72 Å². The standard InChI is InChI=1S/C18H18N2O5S/c1-12-7-9-17(10-8-12)26(24,25)19-18(13(2)14(3)21)15-5-4-6-16(11-15)20(22)23/h4-11,18-19H,2H2,1,3H3/t18-/m1/s1. The number of ketones is 1. The van der Waals surface area contributed by atoms with E-state index in [2.05, 4.69) is 11.3 Å². The Kier molecular flexibility index (Phi) is 5.69. The summed E-state index contributed by atoms with van der Waals surface area (Å²) in [4.78, 5) is 22.2. The number of aryl methyl sites for hydroxylation is 1. The Balaban J connectivity index is 2.47. The normalized spacial score (nSPS) is 12.4. The minimum absolute atomic E-state index is 0.0128. The maximum absolute atomic E-state index is 12.7. The van der Waals surface area contributed by atoms with Gasteiger partial charge in [-0.3, -0.25) is 14.9 Å². The molecule has 136 valence electrons. The molecule has 0 aliphatic rings. The second-order valence-electron chi connectivity index (χ2n) is 5.80. The SMILES string of the molecule is C=C(C(C)=O)[C@@H](NS(=O)(=O)c1ccc(C)cc1)c1cccc([N+](=O)[O-])c1. The molecule has 1 N–H and O–H groups in total. The van der Waals surface area contributed by atoms with Gasteiger partial charge in [0.2, 0.25) is 10.0 Å². The van der Waals surface area contributed by atoms with Crippen molar-refractivity contribution in [3.63, 3.8) is 0 Å². The van der Waals surface area contributed by atoms with Gasteiger partial charge in [0.05, 0.1) is 15.9 Å². The van der Waals surface area contributed by atoms with Crippen molar-refractivity contribution in [2.24, 2.45) is 0 Å². The van der Waals surface area contributed by atoms with Crippen molar-refractivity contribution in [1.29, 1.82) is 0 Å². The van der Waals surface area contributed by atoms with Crippen LogP contribution in [0.1, 0.15) is 24.1 Å². The molecule has 0 saturated heterocycles. The lowest BCUT2D eigenvalue weighted by molar-refractivity contribution is -0.384. The average Bonchev–Trinajstić information content (AvgIpc) is 2.59. The first kappa shape index (κ1) is 19.5. The summed E-state index contributed by atoms with van der Waals surface area (Å²) in [6.07, 6.45) is 0. The van der Waals surface area contributed by atoms with Crippen molar-refractivity contribution >= 4 is 21.5 Å². The van der Waals surface area contributed by atoms with Crippen LogP contribution in [0.15, 0.2) is 65.6 Å². The smallest absolute Gasteiger partial charge is 0.269 e. The molecule has 2 rings (SSSR count). The molecular formula is C18H18N2O5S. The first-order valence-electron chi connectivity index (χ1n) is 7.65. The topological polar surface area (TPSA) is 106 Å². The second kappa shape index (κ2) is 7.59. The van der Waals surface area contributed by atoms with Crippen molar-refractivity contribution in [3.8, 4) is 0 Å². The van der Waals surface area contributed by atoms with E-state index < -0.39 is 26.8 Å². The van der Waals surface area contributed by atoms with E-state index in [0.29, 0.717) is 0 Å². The van der Waals surface area contributed by atoms with Crippen molar-refractivity contribution in [2.75, 3.05) is 0 Å². The summed E-state index contributed by atoms with van der Waals surface area (Å²) in [5.74, 6) is -0.423. The molecule has 0 aliphatic heterocycles. The van der Waals surface area contributed by atoms with Gasteiger partial charge in [0, 0.05) is 17.7 Å². The third kappa shape index (κ3) is 4.41. The molecule has 0 aliphatic carbocycles. The second-order valence-corrected chi connectivity index (χ2v) is 7.51. The first-order valence-corrected chi connectivity index (χ1v) is 9.13. The summed E-state index contributed by atoms with van der Waals surface area (Å²) in [5.41, 5.74) is 0.932. The highest BCUT2D eigenvalue weighted by Crippen LogP contribution is 2.27. The van der Waals surface area contributed by atoms with E-state index in [1.54, 1.807) is 12.1 Å². The summed E-state index contributed by atoms with van der Waals surface area (Å²) in [6, 6.07) is 10.5. The number of Topliss-reactive ketones (excluding diaryl/α,β-unsaturated/α-hetero) is 1. The fraction of sp³-hybridized carbons (Fsp3) is 0.167. The number of carbonyl (C=O) groups excluding carboxylic acids is 1. The van der Waals surface area contributed by atoms with Crippen LogP contribution in [-0.2, 0) is 14.8 Å². The number of carbonyl (C=O) groups is 1. The maximum Gasteiger partial charge on any atom is 0.269 e. The van der Waals surface area contributed by atoms with Gasteiger partial charge in [0.25, 0.3) is 5.69 Å². The van der Waals surface area contributed by atoms with Crippen LogP contribution >= 0.6 is 0 Å². The van der Waals surface area contributed by atoms with Crippen LogP contribution in [-0.4, -0.2) is 19.1 Å². The molecule has 26 heavy (non-hydrogen) atoms. The molecule has 0 amide bonds. The van der Waals surface area contributed by atoms with Gasteiger partial charge in [0.15, 0.2) is 5.78 Å². The number of sulfonamides is 1. The fourth-order valence-electron chi connectivity index (χ4n) is 2.30. The number of benzene rings is 2. The Bertz CT molecular complexity index is 965. The molecule has 8 heteroatoms. The van der Waals surface area contributed by atoms with Gasteiger partial charge in [-0.2, -0.15) is 4.72 Å². The summed E-state index contributed by atoms with van der Waals surface area (Å²) in [5, 5.41) is 11.0. The molecule has 2 aromatic rings. The zero-order valence-electron chi connectivity index (χ0n) is 14.3. The van der Waals surface area contributed by atoms with Gasteiger partial charge in [-0.1, -0.05) is 36.4 Å². The van der Waals surface area contributed by atoms with Gasteiger partial charge >= 0.3 is 0 Å². The van der Waals surface area contributed by atoms with Crippen LogP contribution < -0.4 is 4.72 Å². The van der Waals surface area contributed by atoms with Gasteiger partial charge in [0.1, 0.15) is 0 Å². The lowest BCUT2D eigenvalue weighted by atomic mass is 9.98. The molecule has 1 atom stereocenters. The van der Waals surface area contributed by atoms with Gasteiger partial charge < -0.3 is 0 Å². The number of nitro groups is 1. The first-order chi connectivity index (χ1) is 12.1. The van der Waals surface area contributed by atoms with Gasteiger partial charge in [-0.15, -0.1) is 0 Å².